The molecule has 0 bridgehead atoms. The van der Waals surface area contributed by atoms with Gasteiger partial charge < -0.3 is 0 Å². The maximum Gasteiger partial charge on any atom is 0.236 e. The van der Waals surface area contributed by atoms with Gasteiger partial charge in [-0.3, -0.25) is 9.80 Å². The molecule has 1 atom stereocenters. The molecule has 0 aromatic heterocycles. The molecule has 1 fully saturated rings. The lowest BCUT2D eigenvalue weighted by Crippen LogP contribution is -2.49. The number of amides is 1. The van der Waals surface area contributed by atoms with Gasteiger partial charge in [0.1, 0.15) is 0 Å². The second kappa shape index (κ2) is 4.49. The third kappa shape index (κ3) is 2.92. The van der Waals surface area contributed by atoms with Crippen LogP contribution in [0.25, 0.3) is 0 Å². The third-order valence-electron chi connectivity index (χ3n) is 2.54. The number of hydrazine groups is 1. The highest BCUT2D eigenvalue weighted by atomic mass is 32.2. The summed E-state index contributed by atoms with van der Waals surface area (Å²) in [5.74, 6) is 0.262. The predicted molar refractivity (Wildman–Crippen MR) is 57.9 cm³/mol. The van der Waals surface area contributed by atoms with Crippen LogP contribution in [-0.4, -0.2) is 56.0 Å². The van der Waals surface area contributed by atoms with E-state index in [0.717, 1.165) is 0 Å². The van der Waals surface area contributed by atoms with Gasteiger partial charge in [0.25, 0.3) is 0 Å². The summed E-state index contributed by atoms with van der Waals surface area (Å²) in [6.45, 7) is 1.78. The average Bonchev–Trinajstić information content (AvgIpc) is 2.45. The molecule has 1 rings (SSSR count). The Morgan fingerprint density at radius 2 is 2.00 bits per heavy atom. The number of nitrogens with zero attached hydrogens (tertiary/aromatic N) is 2. The molecule has 0 radical (unpaired) electrons. The minimum atomic E-state index is -2.94. The molecule has 0 aromatic rings. The Labute approximate surface area is 90.9 Å². The number of hydrogen-bond acceptors (Lipinski definition) is 4. The van der Waals surface area contributed by atoms with Crippen molar-refractivity contribution in [2.75, 3.05) is 25.6 Å². The van der Waals surface area contributed by atoms with Gasteiger partial charge in [0.15, 0.2) is 9.84 Å². The highest BCUT2D eigenvalue weighted by molar-refractivity contribution is 7.91. The van der Waals surface area contributed by atoms with Crippen molar-refractivity contribution in [1.82, 2.24) is 10.0 Å². The Bertz CT molecular complexity index is 337. The molecule has 1 aliphatic heterocycles. The van der Waals surface area contributed by atoms with Crippen LogP contribution >= 0.6 is 0 Å². The van der Waals surface area contributed by atoms with Crippen LogP contribution in [0.15, 0.2) is 0 Å². The van der Waals surface area contributed by atoms with E-state index in [1.165, 1.54) is 0 Å². The molecule has 6 heteroatoms. The van der Waals surface area contributed by atoms with Crippen LogP contribution in [0, 0.1) is 0 Å². The molecule has 1 aliphatic rings. The molecule has 15 heavy (non-hydrogen) atoms. The summed E-state index contributed by atoms with van der Waals surface area (Å²) in [6.07, 6.45) is 0.945. The smallest absolute Gasteiger partial charge is 0.236 e. The van der Waals surface area contributed by atoms with E-state index >= 15 is 0 Å². The zero-order valence-electron chi connectivity index (χ0n) is 9.43. The van der Waals surface area contributed by atoms with Crippen LogP contribution in [0.1, 0.15) is 19.8 Å². The summed E-state index contributed by atoms with van der Waals surface area (Å²) >= 11 is 0. The highest BCUT2D eigenvalue weighted by Gasteiger charge is 2.35. The van der Waals surface area contributed by atoms with E-state index in [4.69, 9.17) is 0 Å². The largest absolute Gasteiger partial charge is 0.273 e. The summed E-state index contributed by atoms with van der Waals surface area (Å²) < 4.78 is 22.6. The topological polar surface area (TPSA) is 57.7 Å². The van der Waals surface area contributed by atoms with E-state index in [-0.39, 0.29) is 23.5 Å². The monoisotopic (exact) mass is 234 g/mol. The Morgan fingerprint density at radius 1 is 1.40 bits per heavy atom. The van der Waals surface area contributed by atoms with Gasteiger partial charge in [0.2, 0.25) is 5.91 Å². The summed E-state index contributed by atoms with van der Waals surface area (Å²) in [7, 11) is 0.589. The number of carbonyl (C=O) groups is 1. The van der Waals surface area contributed by atoms with Crippen molar-refractivity contribution < 1.29 is 13.2 Å². The fraction of sp³-hybridized carbons (Fsp3) is 0.889. The summed E-state index contributed by atoms with van der Waals surface area (Å²) in [6, 6.07) is -0.183. The lowest BCUT2D eigenvalue weighted by Gasteiger charge is -2.33. The second-order valence-corrected chi connectivity index (χ2v) is 6.22. The van der Waals surface area contributed by atoms with E-state index < -0.39 is 9.84 Å². The summed E-state index contributed by atoms with van der Waals surface area (Å²) in [5, 5.41) is 3.24. The first-order valence-electron chi connectivity index (χ1n) is 5.07. The first kappa shape index (κ1) is 12.4. The molecule has 1 amide bonds. The van der Waals surface area contributed by atoms with E-state index in [1.807, 2.05) is 0 Å². The molecular weight excluding hydrogens is 216 g/mol. The van der Waals surface area contributed by atoms with Gasteiger partial charge in [0.05, 0.1) is 17.5 Å². The maximum absolute atomic E-state index is 11.6. The maximum atomic E-state index is 11.6. The molecular formula is C9H18N2O3S. The van der Waals surface area contributed by atoms with Crippen molar-refractivity contribution in [3.05, 3.63) is 0 Å². The number of carbonyl (C=O) groups excluding carboxylic acids is 1. The van der Waals surface area contributed by atoms with Crippen molar-refractivity contribution in [3.63, 3.8) is 0 Å². The SMILES string of the molecule is CCC(=O)N([C@H]1CCS(=O)(=O)C1)N(C)C. The van der Waals surface area contributed by atoms with Crippen molar-refractivity contribution in [2.45, 2.75) is 25.8 Å². The summed E-state index contributed by atoms with van der Waals surface area (Å²) in [5.41, 5.74) is 0. The van der Waals surface area contributed by atoms with Gasteiger partial charge in [-0.15, -0.1) is 0 Å². The standard InChI is InChI=1S/C9H18N2O3S/c1-4-9(12)11(10(2)3)8-5-6-15(13,14)7-8/h8H,4-7H2,1-3H3/t8-/m0/s1. The lowest BCUT2D eigenvalue weighted by atomic mass is 10.2. The second-order valence-electron chi connectivity index (χ2n) is 4.00. The minimum Gasteiger partial charge on any atom is -0.273 e. The van der Waals surface area contributed by atoms with Crippen LogP contribution < -0.4 is 0 Å². The van der Waals surface area contributed by atoms with Crippen molar-refractivity contribution in [3.8, 4) is 0 Å². The van der Waals surface area contributed by atoms with Crippen molar-refractivity contribution in [2.24, 2.45) is 0 Å². The Kier molecular flexibility index (Phi) is 3.72. The fourth-order valence-corrected chi connectivity index (χ4v) is 3.58. The van der Waals surface area contributed by atoms with E-state index in [1.54, 1.807) is 31.0 Å². The third-order valence-corrected chi connectivity index (χ3v) is 4.29. The van der Waals surface area contributed by atoms with Crippen LogP contribution in [0.3, 0.4) is 0 Å². The van der Waals surface area contributed by atoms with E-state index in [0.29, 0.717) is 12.8 Å². The highest BCUT2D eigenvalue weighted by Crippen LogP contribution is 2.19. The molecule has 1 saturated heterocycles. The molecule has 0 N–H and O–H groups in total. The average molecular weight is 234 g/mol. The van der Waals surface area contributed by atoms with Crippen LogP contribution in [0.5, 0.6) is 0 Å². The van der Waals surface area contributed by atoms with Crippen LogP contribution in [0.2, 0.25) is 0 Å². The first-order chi connectivity index (χ1) is 6.87. The molecule has 0 saturated carbocycles. The van der Waals surface area contributed by atoms with Gasteiger partial charge in [-0.1, -0.05) is 6.92 Å². The molecule has 0 unspecified atom stereocenters. The first-order valence-corrected chi connectivity index (χ1v) is 6.89. The van der Waals surface area contributed by atoms with E-state index in [2.05, 4.69) is 0 Å². The number of sulfone groups is 1. The Hall–Kier alpha value is -0.620. The van der Waals surface area contributed by atoms with Gasteiger partial charge in [0, 0.05) is 20.5 Å². The van der Waals surface area contributed by atoms with Gasteiger partial charge in [-0.2, -0.15) is 0 Å². The van der Waals surface area contributed by atoms with Crippen LogP contribution in [0.4, 0.5) is 0 Å². The number of hydrogen-bond donors (Lipinski definition) is 0. The molecule has 5 nitrogen and oxygen atoms in total. The zero-order chi connectivity index (χ0) is 11.6. The molecule has 88 valence electrons. The summed E-state index contributed by atoms with van der Waals surface area (Å²) in [4.78, 5) is 11.6. The van der Waals surface area contributed by atoms with Crippen LogP contribution in [-0.2, 0) is 14.6 Å². The van der Waals surface area contributed by atoms with Crippen molar-refractivity contribution >= 4 is 15.7 Å². The van der Waals surface area contributed by atoms with Gasteiger partial charge in [-0.05, 0) is 6.42 Å². The van der Waals surface area contributed by atoms with Gasteiger partial charge in [-0.25, -0.2) is 13.4 Å². The Balaban J connectivity index is 2.79. The lowest BCUT2D eigenvalue weighted by molar-refractivity contribution is -0.148. The Morgan fingerprint density at radius 3 is 2.33 bits per heavy atom. The molecule has 0 spiro atoms. The van der Waals surface area contributed by atoms with Crippen molar-refractivity contribution in [1.29, 1.82) is 0 Å². The normalized spacial score (nSPS) is 24.4. The zero-order valence-corrected chi connectivity index (χ0v) is 10.2. The fourth-order valence-electron chi connectivity index (χ4n) is 1.88. The van der Waals surface area contributed by atoms with E-state index in [9.17, 15) is 13.2 Å². The molecule has 0 aromatic carbocycles. The number of rotatable bonds is 3. The predicted octanol–water partition coefficient (Wildman–Crippen LogP) is -0.111. The molecule has 1 heterocycles. The molecule has 0 aliphatic carbocycles. The van der Waals surface area contributed by atoms with Gasteiger partial charge >= 0.3 is 0 Å². The minimum absolute atomic E-state index is 0.0258. The quantitative estimate of drug-likeness (QED) is 0.639.